The van der Waals surface area contributed by atoms with Crippen molar-refractivity contribution in [3.63, 3.8) is 0 Å². The molecule has 0 aliphatic rings. The van der Waals surface area contributed by atoms with Crippen LogP contribution in [0.4, 0.5) is 13.2 Å². The second kappa shape index (κ2) is 14.7. The fraction of sp³-hybridized carbons (Fsp3) is 0.0189. The van der Waals surface area contributed by atoms with E-state index in [1.165, 1.54) is 12.1 Å². The van der Waals surface area contributed by atoms with Gasteiger partial charge in [0.15, 0.2) is 5.82 Å². The molecule has 0 amide bonds. The minimum atomic E-state index is -4.41. The van der Waals surface area contributed by atoms with Gasteiger partial charge in [-0.2, -0.15) is 18.4 Å². The summed E-state index contributed by atoms with van der Waals surface area (Å²) in [7, 11) is 0. The lowest BCUT2D eigenvalue weighted by Gasteiger charge is -2.11. The van der Waals surface area contributed by atoms with E-state index in [-0.39, 0.29) is 0 Å². The number of nitrogens with zero attached hydrogens (tertiary/aromatic N) is 5. The summed E-state index contributed by atoms with van der Waals surface area (Å²) in [5.41, 5.74) is 10.3. The molecule has 0 fully saturated rings. The Hall–Kier alpha value is -7.93. The third kappa shape index (κ3) is 6.36. The Kier molecular flexibility index (Phi) is 8.77. The highest BCUT2D eigenvalue weighted by atomic mass is 32.1. The van der Waals surface area contributed by atoms with Crippen LogP contribution in [0.2, 0.25) is 0 Å². The van der Waals surface area contributed by atoms with Crippen LogP contribution >= 0.6 is 11.3 Å². The number of hydrogen-bond donors (Lipinski definition) is 0. The van der Waals surface area contributed by atoms with Crippen molar-refractivity contribution < 1.29 is 13.2 Å². The van der Waals surface area contributed by atoms with Gasteiger partial charge < -0.3 is 4.57 Å². The van der Waals surface area contributed by atoms with Crippen LogP contribution in [0.5, 0.6) is 0 Å². The summed E-state index contributed by atoms with van der Waals surface area (Å²) >= 11 is 1.69. The van der Waals surface area contributed by atoms with Crippen molar-refractivity contribution >= 4 is 53.3 Å². The van der Waals surface area contributed by atoms with Crippen LogP contribution in [0.3, 0.4) is 0 Å². The standard InChI is InChI=1S/C53H30F3N5S/c54-53(55,56)38-20-22-39(23-21-38)61-46-13-7-6-12-41(46)42-28-35(18-24-47(42)61)36-19-25-48-43(29-36)50-49(62-48)26-27-58-51(50)52-59-44(33-8-2-1-3-9-33)30-45(60-52)34-16-14-32(15-17-34)40-11-5-4-10-37(40)31-57/h1-30H. The summed E-state index contributed by atoms with van der Waals surface area (Å²) in [6.07, 6.45) is -2.60. The number of aromatic nitrogens is 4. The smallest absolute Gasteiger partial charge is 0.309 e. The van der Waals surface area contributed by atoms with Crippen molar-refractivity contribution in [2.75, 3.05) is 0 Å². The molecule has 9 heteroatoms. The molecule has 0 saturated carbocycles. The van der Waals surface area contributed by atoms with Crippen LogP contribution in [0.1, 0.15) is 11.1 Å². The fourth-order valence-corrected chi connectivity index (χ4v) is 9.49. The molecule has 11 rings (SSSR count). The number of halogens is 3. The number of nitriles is 1. The molecule has 0 saturated heterocycles. The van der Waals surface area contributed by atoms with E-state index in [4.69, 9.17) is 15.0 Å². The number of benzene rings is 7. The molecular formula is C53H30F3N5S. The molecule has 5 nitrogen and oxygen atoms in total. The summed E-state index contributed by atoms with van der Waals surface area (Å²) in [5.74, 6) is 0.508. The number of rotatable bonds is 6. The van der Waals surface area contributed by atoms with E-state index in [0.717, 1.165) is 98.9 Å². The van der Waals surface area contributed by atoms with E-state index < -0.39 is 11.7 Å². The average Bonchev–Trinajstić information content (AvgIpc) is 3.87. The maximum absolute atomic E-state index is 13.5. The van der Waals surface area contributed by atoms with Crippen molar-refractivity contribution in [2.24, 2.45) is 0 Å². The zero-order chi connectivity index (χ0) is 42.0. The topological polar surface area (TPSA) is 67.4 Å². The van der Waals surface area contributed by atoms with Gasteiger partial charge in [-0.25, -0.2) is 9.97 Å². The zero-order valence-electron chi connectivity index (χ0n) is 32.6. The molecule has 11 aromatic rings. The first-order valence-corrected chi connectivity index (χ1v) is 20.7. The largest absolute Gasteiger partial charge is 0.416 e. The van der Waals surface area contributed by atoms with Crippen LogP contribution in [0, 0.1) is 11.3 Å². The minimum absolute atomic E-state index is 0.508. The molecule has 0 spiro atoms. The van der Waals surface area contributed by atoms with Gasteiger partial charge in [-0.05, 0) is 95.1 Å². The number of hydrogen-bond acceptors (Lipinski definition) is 5. The maximum atomic E-state index is 13.5. The predicted octanol–water partition coefficient (Wildman–Crippen LogP) is 14.6. The first kappa shape index (κ1) is 37.1. The lowest BCUT2D eigenvalue weighted by Crippen LogP contribution is -2.05. The maximum Gasteiger partial charge on any atom is 0.416 e. The quantitative estimate of drug-likeness (QED) is 0.167. The highest BCUT2D eigenvalue weighted by molar-refractivity contribution is 7.25. The van der Waals surface area contributed by atoms with Crippen molar-refractivity contribution in [2.45, 2.75) is 6.18 Å². The van der Waals surface area contributed by atoms with Crippen molar-refractivity contribution in [3.8, 4) is 68.0 Å². The summed E-state index contributed by atoms with van der Waals surface area (Å²) in [4.78, 5) is 15.3. The molecule has 0 bridgehead atoms. The first-order chi connectivity index (χ1) is 30.3. The molecule has 0 radical (unpaired) electrons. The first-order valence-electron chi connectivity index (χ1n) is 19.9. The number of para-hydroxylation sites is 1. The van der Waals surface area contributed by atoms with Gasteiger partial charge in [-0.1, -0.05) is 103 Å². The van der Waals surface area contributed by atoms with Crippen LogP contribution in [-0.2, 0) is 6.18 Å². The predicted molar refractivity (Wildman–Crippen MR) is 244 cm³/mol. The molecule has 294 valence electrons. The Morgan fingerprint density at radius 2 is 1.16 bits per heavy atom. The Morgan fingerprint density at radius 1 is 0.532 bits per heavy atom. The van der Waals surface area contributed by atoms with Crippen molar-refractivity contribution in [1.82, 2.24) is 19.5 Å². The zero-order valence-corrected chi connectivity index (χ0v) is 33.4. The van der Waals surface area contributed by atoms with Crippen LogP contribution in [0.25, 0.3) is 104 Å². The Balaban J connectivity index is 1.04. The summed E-state index contributed by atoms with van der Waals surface area (Å²) in [5, 5.41) is 13.7. The molecule has 0 atom stereocenters. The molecular weight excluding hydrogens is 796 g/mol. The number of thiophene rings is 1. The van der Waals surface area contributed by atoms with Crippen LogP contribution < -0.4 is 0 Å². The molecule has 4 heterocycles. The fourth-order valence-electron chi connectivity index (χ4n) is 8.41. The Morgan fingerprint density at radius 3 is 1.92 bits per heavy atom. The van der Waals surface area contributed by atoms with Crippen molar-refractivity contribution in [3.05, 3.63) is 193 Å². The van der Waals surface area contributed by atoms with Gasteiger partial charge in [0.25, 0.3) is 0 Å². The number of fused-ring (bicyclic) bond motifs is 6. The van der Waals surface area contributed by atoms with E-state index in [1.807, 2.05) is 126 Å². The molecule has 0 aliphatic heterocycles. The SMILES string of the molecule is N#Cc1ccccc1-c1ccc(-c2cc(-c3ccccc3)nc(-c3nccc4sc5ccc(-c6ccc7c(c6)c6ccccc6n7-c6ccc(C(F)(F)F)cc6)cc5c34)n2)cc1. The molecule has 0 unspecified atom stereocenters. The van der Waals surface area contributed by atoms with Gasteiger partial charge >= 0.3 is 6.18 Å². The molecule has 62 heavy (non-hydrogen) atoms. The monoisotopic (exact) mass is 825 g/mol. The highest BCUT2D eigenvalue weighted by Gasteiger charge is 2.30. The van der Waals surface area contributed by atoms with Crippen LogP contribution in [-0.4, -0.2) is 19.5 Å². The molecule has 0 aliphatic carbocycles. The Labute approximate surface area is 357 Å². The lowest BCUT2D eigenvalue weighted by molar-refractivity contribution is -0.137. The minimum Gasteiger partial charge on any atom is -0.309 e. The molecule has 4 aromatic heterocycles. The summed E-state index contributed by atoms with van der Waals surface area (Å²) in [6, 6.07) is 58.1. The van der Waals surface area contributed by atoms with Crippen LogP contribution in [0.15, 0.2) is 182 Å². The third-order valence-electron chi connectivity index (χ3n) is 11.4. The van der Waals surface area contributed by atoms with Gasteiger partial charge in [-0.3, -0.25) is 4.98 Å². The summed E-state index contributed by atoms with van der Waals surface area (Å²) < 4.78 is 44.6. The van der Waals surface area contributed by atoms with E-state index >= 15 is 0 Å². The Bertz CT molecular complexity index is 3570. The van der Waals surface area contributed by atoms with E-state index in [2.05, 4.69) is 42.5 Å². The second-order valence-electron chi connectivity index (χ2n) is 15.0. The second-order valence-corrected chi connectivity index (χ2v) is 16.1. The van der Waals surface area contributed by atoms with E-state index in [0.29, 0.717) is 22.8 Å². The lowest BCUT2D eigenvalue weighted by atomic mass is 9.98. The summed E-state index contributed by atoms with van der Waals surface area (Å²) in [6.45, 7) is 0. The normalized spacial score (nSPS) is 11.8. The van der Waals surface area contributed by atoms with E-state index in [1.54, 1.807) is 11.3 Å². The highest BCUT2D eigenvalue weighted by Crippen LogP contribution is 2.42. The molecule has 0 N–H and O–H groups in total. The van der Waals surface area contributed by atoms with Crippen molar-refractivity contribution in [1.29, 1.82) is 5.26 Å². The van der Waals surface area contributed by atoms with Gasteiger partial charge in [0, 0.05) is 54.0 Å². The average molecular weight is 826 g/mol. The van der Waals surface area contributed by atoms with E-state index in [9.17, 15) is 18.4 Å². The number of pyridine rings is 1. The molecule has 7 aromatic carbocycles. The van der Waals surface area contributed by atoms with Gasteiger partial charge in [0.1, 0.15) is 5.69 Å². The number of alkyl halides is 3. The van der Waals surface area contributed by atoms with Gasteiger partial charge in [0.2, 0.25) is 0 Å². The third-order valence-corrected chi connectivity index (χ3v) is 12.5. The van der Waals surface area contributed by atoms with Gasteiger partial charge in [-0.15, -0.1) is 11.3 Å². The van der Waals surface area contributed by atoms with Gasteiger partial charge in [0.05, 0.1) is 39.6 Å².